The van der Waals surface area contributed by atoms with Crippen LogP contribution < -0.4 is 0 Å². The van der Waals surface area contributed by atoms with E-state index in [4.69, 9.17) is 0 Å². The number of benzene rings is 1. The van der Waals surface area contributed by atoms with Gasteiger partial charge < -0.3 is 0 Å². The van der Waals surface area contributed by atoms with Crippen molar-refractivity contribution in [1.29, 1.82) is 0 Å². The molecule has 4 heteroatoms. The Hall–Kier alpha value is -1.13. The first-order chi connectivity index (χ1) is 8.54. The van der Waals surface area contributed by atoms with Gasteiger partial charge in [-0.2, -0.15) is 4.31 Å². The third kappa shape index (κ3) is 2.65. The summed E-state index contributed by atoms with van der Waals surface area (Å²) in [6, 6.07) is 7.04. The van der Waals surface area contributed by atoms with Crippen LogP contribution >= 0.6 is 0 Å². The molecule has 0 unspecified atom stereocenters. The second-order valence-electron chi connectivity index (χ2n) is 4.73. The minimum atomic E-state index is -3.34. The lowest BCUT2D eigenvalue weighted by atomic mass is 10.0. The quantitative estimate of drug-likeness (QED) is 0.788. The molecule has 0 saturated heterocycles. The summed E-state index contributed by atoms with van der Waals surface area (Å²) in [5, 5.41) is 0. The first kappa shape index (κ1) is 13.3. The topological polar surface area (TPSA) is 37.4 Å². The van der Waals surface area contributed by atoms with E-state index in [1.54, 1.807) is 16.4 Å². The van der Waals surface area contributed by atoms with Crippen LogP contribution in [0.1, 0.15) is 18.9 Å². The van der Waals surface area contributed by atoms with Crippen LogP contribution in [0.3, 0.4) is 0 Å². The molecule has 2 rings (SSSR count). The second kappa shape index (κ2) is 5.24. The number of nitrogens with zero attached hydrogens (tertiary/aromatic N) is 1. The van der Waals surface area contributed by atoms with E-state index in [0.717, 1.165) is 12.0 Å². The molecule has 0 fully saturated rings. The predicted molar refractivity (Wildman–Crippen MR) is 72.9 cm³/mol. The number of rotatable bonds is 3. The number of hydrogen-bond donors (Lipinski definition) is 0. The number of sulfonamides is 1. The molecular weight excluding hydrogens is 246 g/mol. The van der Waals surface area contributed by atoms with Crippen LogP contribution in [-0.2, 0) is 10.0 Å². The number of aryl methyl sites for hydroxylation is 1. The molecule has 0 aromatic heterocycles. The van der Waals surface area contributed by atoms with E-state index in [-0.39, 0.29) is 0 Å². The van der Waals surface area contributed by atoms with Crippen molar-refractivity contribution < 1.29 is 8.42 Å². The molecule has 0 saturated carbocycles. The van der Waals surface area contributed by atoms with Gasteiger partial charge in [0.25, 0.3) is 0 Å². The van der Waals surface area contributed by atoms with Crippen molar-refractivity contribution in [3.63, 3.8) is 0 Å². The van der Waals surface area contributed by atoms with Crippen molar-refractivity contribution in [3.05, 3.63) is 42.0 Å². The Morgan fingerprint density at radius 1 is 1.28 bits per heavy atom. The first-order valence-corrected chi connectivity index (χ1v) is 7.71. The highest BCUT2D eigenvalue weighted by atomic mass is 32.2. The lowest BCUT2D eigenvalue weighted by Gasteiger charge is -2.27. The Kier molecular flexibility index (Phi) is 3.88. The molecule has 98 valence electrons. The molecule has 1 aliphatic rings. The van der Waals surface area contributed by atoms with Crippen molar-refractivity contribution in [1.82, 2.24) is 4.31 Å². The van der Waals surface area contributed by atoms with Gasteiger partial charge in [-0.3, -0.25) is 0 Å². The summed E-state index contributed by atoms with van der Waals surface area (Å²) >= 11 is 0. The minimum absolute atomic E-state index is 0.332. The second-order valence-corrected chi connectivity index (χ2v) is 6.67. The molecular formula is C14H19NO2S. The van der Waals surface area contributed by atoms with Crippen molar-refractivity contribution in [3.8, 4) is 0 Å². The van der Waals surface area contributed by atoms with Gasteiger partial charge in [0.15, 0.2) is 0 Å². The average Bonchev–Trinajstić information content (AvgIpc) is 2.39. The molecule has 1 aromatic rings. The SMILES string of the molecule is CC[C@H]1C=CCN(S(=O)(=O)c2ccc(C)cc2)C1. The molecule has 18 heavy (non-hydrogen) atoms. The molecule has 0 N–H and O–H groups in total. The van der Waals surface area contributed by atoms with Gasteiger partial charge in [0.1, 0.15) is 0 Å². The average molecular weight is 265 g/mol. The van der Waals surface area contributed by atoms with Crippen LogP contribution in [0, 0.1) is 12.8 Å². The van der Waals surface area contributed by atoms with Gasteiger partial charge in [0.05, 0.1) is 4.90 Å². The third-order valence-electron chi connectivity index (χ3n) is 3.34. The van der Waals surface area contributed by atoms with Crippen LogP contribution in [0.4, 0.5) is 0 Å². The lowest BCUT2D eigenvalue weighted by Crippen LogP contribution is -2.37. The highest BCUT2D eigenvalue weighted by molar-refractivity contribution is 7.89. The first-order valence-electron chi connectivity index (χ1n) is 6.27. The van der Waals surface area contributed by atoms with E-state index in [9.17, 15) is 8.42 Å². The summed E-state index contributed by atoms with van der Waals surface area (Å²) in [4.78, 5) is 0.387. The predicted octanol–water partition coefficient (Wildman–Crippen LogP) is 2.58. The van der Waals surface area contributed by atoms with E-state index in [1.807, 2.05) is 25.1 Å². The highest BCUT2D eigenvalue weighted by Crippen LogP contribution is 2.21. The maximum absolute atomic E-state index is 12.5. The Balaban J connectivity index is 2.26. The Morgan fingerprint density at radius 3 is 2.56 bits per heavy atom. The van der Waals surface area contributed by atoms with Crippen LogP contribution in [0.15, 0.2) is 41.3 Å². The van der Waals surface area contributed by atoms with Crippen molar-refractivity contribution >= 4 is 10.0 Å². The van der Waals surface area contributed by atoms with Gasteiger partial charge in [-0.1, -0.05) is 36.8 Å². The van der Waals surface area contributed by atoms with E-state index in [0.29, 0.717) is 23.9 Å². The van der Waals surface area contributed by atoms with Gasteiger partial charge in [-0.15, -0.1) is 0 Å². The Labute approximate surface area is 109 Å². The van der Waals surface area contributed by atoms with Crippen LogP contribution in [0.5, 0.6) is 0 Å². The molecule has 1 heterocycles. The molecule has 1 aromatic carbocycles. The largest absolute Gasteiger partial charge is 0.243 e. The summed E-state index contributed by atoms with van der Waals surface area (Å²) < 4.78 is 26.5. The fourth-order valence-corrected chi connectivity index (χ4v) is 3.54. The molecule has 0 bridgehead atoms. The van der Waals surface area contributed by atoms with E-state index < -0.39 is 10.0 Å². The van der Waals surface area contributed by atoms with E-state index in [2.05, 4.69) is 13.0 Å². The maximum atomic E-state index is 12.5. The van der Waals surface area contributed by atoms with E-state index in [1.165, 1.54) is 0 Å². The number of hydrogen-bond acceptors (Lipinski definition) is 2. The summed E-state index contributed by atoms with van der Waals surface area (Å²) in [7, 11) is -3.34. The summed E-state index contributed by atoms with van der Waals surface area (Å²) in [5.41, 5.74) is 1.07. The van der Waals surface area contributed by atoms with Gasteiger partial charge in [0, 0.05) is 13.1 Å². The van der Waals surface area contributed by atoms with Crippen molar-refractivity contribution in [2.45, 2.75) is 25.2 Å². The summed E-state index contributed by atoms with van der Waals surface area (Å²) in [5.74, 6) is 0.332. The fourth-order valence-electron chi connectivity index (χ4n) is 2.09. The molecule has 1 atom stereocenters. The van der Waals surface area contributed by atoms with Crippen molar-refractivity contribution in [2.75, 3.05) is 13.1 Å². The third-order valence-corrected chi connectivity index (χ3v) is 5.18. The zero-order chi connectivity index (χ0) is 13.2. The summed E-state index contributed by atoms with van der Waals surface area (Å²) in [6.07, 6.45) is 5.03. The summed E-state index contributed by atoms with van der Waals surface area (Å²) in [6.45, 7) is 5.10. The molecule has 3 nitrogen and oxygen atoms in total. The minimum Gasteiger partial charge on any atom is -0.207 e. The molecule has 0 aliphatic carbocycles. The van der Waals surface area contributed by atoms with Crippen LogP contribution in [0.2, 0.25) is 0 Å². The normalized spacial score (nSPS) is 21.1. The van der Waals surface area contributed by atoms with Crippen molar-refractivity contribution in [2.24, 2.45) is 5.92 Å². The van der Waals surface area contributed by atoms with Gasteiger partial charge in [-0.25, -0.2) is 8.42 Å². The van der Waals surface area contributed by atoms with Crippen LogP contribution in [-0.4, -0.2) is 25.8 Å². The molecule has 1 aliphatic heterocycles. The maximum Gasteiger partial charge on any atom is 0.243 e. The smallest absolute Gasteiger partial charge is 0.207 e. The Morgan fingerprint density at radius 2 is 1.94 bits per heavy atom. The zero-order valence-electron chi connectivity index (χ0n) is 10.8. The molecule has 0 amide bonds. The van der Waals surface area contributed by atoms with Crippen LogP contribution in [0.25, 0.3) is 0 Å². The molecule has 0 spiro atoms. The molecule has 0 radical (unpaired) electrons. The van der Waals surface area contributed by atoms with Gasteiger partial charge in [0.2, 0.25) is 10.0 Å². The fraction of sp³-hybridized carbons (Fsp3) is 0.429. The lowest BCUT2D eigenvalue weighted by molar-refractivity contribution is 0.376. The zero-order valence-corrected chi connectivity index (χ0v) is 11.7. The van der Waals surface area contributed by atoms with Gasteiger partial charge >= 0.3 is 0 Å². The van der Waals surface area contributed by atoms with Gasteiger partial charge in [-0.05, 0) is 31.4 Å². The standard InChI is InChI=1S/C14H19NO2S/c1-3-13-5-4-10-15(11-13)18(16,17)14-8-6-12(2)7-9-14/h4-9,13H,3,10-11H2,1-2H3/t13-/m0/s1. The van der Waals surface area contributed by atoms with E-state index >= 15 is 0 Å². The Bertz CT molecular complexity index is 531. The monoisotopic (exact) mass is 265 g/mol. The highest BCUT2D eigenvalue weighted by Gasteiger charge is 2.27.